The summed E-state index contributed by atoms with van der Waals surface area (Å²) < 4.78 is 0. The Kier molecular flexibility index (Phi) is 4.79. The van der Waals surface area contributed by atoms with E-state index in [1.54, 1.807) is 0 Å². The average Bonchev–Trinajstić information content (AvgIpc) is 2.25. The molecule has 1 unspecified atom stereocenters. The molecule has 0 heterocycles. The fraction of sp³-hybridized carbons (Fsp3) is 0.733. The van der Waals surface area contributed by atoms with Gasteiger partial charge in [0.25, 0.3) is 0 Å². The molecule has 0 aromatic carbocycles. The van der Waals surface area contributed by atoms with Gasteiger partial charge in [-0.2, -0.15) is 0 Å². The summed E-state index contributed by atoms with van der Waals surface area (Å²) >= 11 is 0. The van der Waals surface area contributed by atoms with Crippen LogP contribution in [0.15, 0.2) is 23.3 Å². The van der Waals surface area contributed by atoms with E-state index in [-0.39, 0.29) is 6.61 Å². The van der Waals surface area contributed by atoms with Crippen molar-refractivity contribution in [3.63, 3.8) is 0 Å². The highest BCUT2D eigenvalue weighted by atomic mass is 16.3. The molecule has 1 heteroatoms. The van der Waals surface area contributed by atoms with Crippen molar-refractivity contribution in [2.75, 3.05) is 6.61 Å². The van der Waals surface area contributed by atoms with Crippen LogP contribution in [-0.2, 0) is 0 Å². The number of aliphatic hydroxyl groups excluding tert-OH is 1. The molecule has 0 radical (unpaired) electrons. The molecule has 0 fully saturated rings. The molecular weight excluding hydrogens is 196 g/mol. The summed E-state index contributed by atoms with van der Waals surface area (Å²) in [5.74, 6) is 0.727. The van der Waals surface area contributed by atoms with Gasteiger partial charge in [-0.3, -0.25) is 0 Å². The fourth-order valence-corrected chi connectivity index (χ4v) is 2.49. The zero-order chi connectivity index (χ0) is 12.2. The molecule has 16 heavy (non-hydrogen) atoms. The predicted molar refractivity (Wildman–Crippen MR) is 70.3 cm³/mol. The fourth-order valence-electron chi connectivity index (χ4n) is 2.49. The van der Waals surface area contributed by atoms with Gasteiger partial charge in [0.1, 0.15) is 0 Å². The van der Waals surface area contributed by atoms with Gasteiger partial charge in [-0.25, -0.2) is 0 Å². The summed E-state index contributed by atoms with van der Waals surface area (Å²) in [7, 11) is 0. The van der Waals surface area contributed by atoms with E-state index in [1.165, 1.54) is 24.0 Å². The number of aliphatic hydroxyl groups is 1. The molecule has 0 aliphatic heterocycles. The Morgan fingerprint density at radius 2 is 2.25 bits per heavy atom. The Morgan fingerprint density at radius 1 is 1.56 bits per heavy atom. The molecule has 0 aromatic heterocycles. The van der Waals surface area contributed by atoms with Gasteiger partial charge in [-0.15, -0.1) is 0 Å². The molecule has 1 nitrogen and oxygen atoms in total. The van der Waals surface area contributed by atoms with Crippen LogP contribution in [-0.4, -0.2) is 11.7 Å². The lowest BCUT2D eigenvalue weighted by Crippen LogP contribution is -2.27. The maximum atomic E-state index is 9.16. The maximum absolute atomic E-state index is 9.16. The second kappa shape index (κ2) is 5.67. The molecule has 0 amide bonds. The first-order valence-electron chi connectivity index (χ1n) is 6.48. The van der Waals surface area contributed by atoms with E-state index in [1.807, 2.05) is 0 Å². The summed E-state index contributed by atoms with van der Waals surface area (Å²) in [6, 6.07) is 0. The highest BCUT2D eigenvalue weighted by Crippen LogP contribution is 2.43. The third-order valence-electron chi connectivity index (χ3n) is 4.35. The summed E-state index contributed by atoms with van der Waals surface area (Å²) in [6.07, 6.45) is 9.22. The lowest BCUT2D eigenvalue weighted by molar-refractivity contribution is 0.235. The first-order chi connectivity index (χ1) is 7.52. The molecule has 0 saturated carbocycles. The van der Waals surface area contributed by atoms with Gasteiger partial charge >= 0.3 is 0 Å². The summed E-state index contributed by atoms with van der Waals surface area (Å²) in [4.78, 5) is 0. The molecule has 0 saturated heterocycles. The van der Waals surface area contributed by atoms with Gasteiger partial charge < -0.3 is 5.11 Å². The van der Waals surface area contributed by atoms with E-state index in [0.717, 1.165) is 18.8 Å². The molecule has 0 spiro atoms. The van der Waals surface area contributed by atoms with Crippen LogP contribution in [0.5, 0.6) is 0 Å². The van der Waals surface area contributed by atoms with Crippen molar-refractivity contribution in [1.82, 2.24) is 0 Å². The van der Waals surface area contributed by atoms with Crippen molar-refractivity contribution in [3.8, 4) is 0 Å². The monoisotopic (exact) mass is 222 g/mol. The van der Waals surface area contributed by atoms with E-state index in [0.29, 0.717) is 5.41 Å². The zero-order valence-electron chi connectivity index (χ0n) is 11.2. The van der Waals surface area contributed by atoms with Crippen molar-refractivity contribution in [2.45, 2.75) is 53.4 Å². The Morgan fingerprint density at radius 3 is 2.81 bits per heavy atom. The van der Waals surface area contributed by atoms with E-state index in [2.05, 4.69) is 39.8 Å². The lowest BCUT2D eigenvalue weighted by atomic mass is 9.67. The minimum atomic E-state index is 0.221. The van der Waals surface area contributed by atoms with Crippen molar-refractivity contribution in [1.29, 1.82) is 0 Å². The van der Waals surface area contributed by atoms with Crippen LogP contribution in [0.2, 0.25) is 0 Å². The highest BCUT2D eigenvalue weighted by molar-refractivity contribution is 5.16. The van der Waals surface area contributed by atoms with Crippen LogP contribution in [0.1, 0.15) is 53.4 Å². The second-order valence-corrected chi connectivity index (χ2v) is 5.49. The van der Waals surface area contributed by atoms with Gasteiger partial charge in [-0.1, -0.05) is 38.5 Å². The minimum Gasteiger partial charge on any atom is -0.392 e. The van der Waals surface area contributed by atoms with Crippen LogP contribution >= 0.6 is 0 Å². The predicted octanol–water partition coefficient (Wildman–Crippen LogP) is 4.09. The molecule has 1 atom stereocenters. The van der Waals surface area contributed by atoms with Crippen LogP contribution in [0, 0.1) is 11.3 Å². The van der Waals surface area contributed by atoms with Crippen LogP contribution < -0.4 is 0 Å². The molecule has 92 valence electrons. The van der Waals surface area contributed by atoms with Gasteiger partial charge in [0.15, 0.2) is 0 Å². The van der Waals surface area contributed by atoms with Crippen LogP contribution in [0.4, 0.5) is 0 Å². The first-order valence-corrected chi connectivity index (χ1v) is 6.48. The third kappa shape index (κ3) is 2.98. The molecule has 0 bridgehead atoms. The number of rotatable bonds is 4. The lowest BCUT2D eigenvalue weighted by Gasteiger charge is -2.38. The number of hydrogen-bond donors (Lipinski definition) is 1. The SMILES string of the molecule is CCC(=CCC1CCC=C(C)C1(C)C)CO. The normalized spacial score (nSPS) is 25.4. The minimum absolute atomic E-state index is 0.221. The average molecular weight is 222 g/mol. The Labute approximate surface area is 100 Å². The van der Waals surface area contributed by atoms with Gasteiger partial charge in [0.2, 0.25) is 0 Å². The van der Waals surface area contributed by atoms with Gasteiger partial charge in [0.05, 0.1) is 6.61 Å². The Balaban J connectivity index is 2.68. The standard InChI is InChI=1S/C15H26O/c1-5-13(11-16)9-10-14-8-6-7-12(2)15(14,3)4/h7,9,14,16H,5-6,8,10-11H2,1-4H3. The first kappa shape index (κ1) is 13.5. The zero-order valence-corrected chi connectivity index (χ0v) is 11.2. The second-order valence-electron chi connectivity index (χ2n) is 5.49. The van der Waals surface area contributed by atoms with Crippen LogP contribution in [0.25, 0.3) is 0 Å². The largest absolute Gasteiger partial charge is 0.392 e. The van der Waals surface area contributed by atoms with Crippen molar-refractivity contribution in [2.24, 2.45) is 11.3 Å². The molecular formula is C15H26O. The van der Waals surface area contributed by atoms with Crippen molar-refractivity contribution >= 4 is 0 Å². The smallest absolute Gasteiger partial charge is 0.0641 e. The molecule has 1 aliphatic rings. The van der Waals surface area contributed by atoms with E-state index in [9.17, 15) is 0 Å². The highest BCUT2D eigenvalue weighted by Gasteiger charge is 2.32. The Bertz CT molecular complexity index is 278. The van der Waals surface area contributed by atoms with E-state index >= 15 is 0 Å². The summed E-state index contributed by atoms with van der Waals surface area (Å²) in [5.41, 5.74) is 3.03. The van der Waals surface area contributed by atoms with Crippen molar-refractivity contribution < 1.29 is 5.11 Å². The quantitative estimate of drug-likeness (QED) is 0.710. The maximum Gasteiger partial charge on any atom is 0.0641 e. The number of hydrogen-bond acceptors (Lipinski definition) is 1. The number of allylic oxidation sites excluding steroid dienone is 3. The van der Waals surface area contributed by atoms with Crippen molar-refractivity contribution in [3.05, 3.63) is 23.3 Å². The van der Waals surface area contributed by atoms with E-state index < -0.39 is 0 Å². The van der Waals surface area contributed by atoms with E-state index in [4.69, 9.17) is 5.11 Å². The summed E-state index contributed by atoms with van der Waals surface area (Å²) in [5, 5.41) is 9.16. The molecule has 1 aliphatic carbocycles. The van der Waals surface area contributed by atoms with Gasteiger partial charge in [-0.05, 0) is 49.5 Å². The summed E-state index contributed by atoms with van der Waals surface area (Å²) in [6.45, 7) is 9.28. The Hall–Kier alpha value is -0.560. The van der Waals surface area contributed by atoms with Crippen LogP contribution in [0.3, 0.4) is 0 Å². The van der Waals surface area contributed by atoms with Gasteiger partial charge in [0, 0.05) is 0 Å². The topological polar surface area (TPSA) is 20.2 Å². The molecule has 1 rings (SSSR count). The molecule has 0 aromatic rings. The molecule has 1 N–H and O–H groups in total. The third-order valence-corrected chi connectivity index (χ3v) is 4.35.